The van der Waals surface area contributed by atoms with Crippen molar-refractivity contribution in [1.29, 1.82) is 5.26 Å². The lowest BCUT2D eigenvalue weighted by Crippen LogP contribution is -2.53. The van der Waals surface area contributed by atoms with E-state index in [-0.39, 0.29) is 35.5 Å². The Morgan fingerprint density at radius 1 is 1.11 bits per heavy atom. The van der Waals surface area contributed by atoms with Crippen LogP contribution in [0.5, 0.6) is 0 Å². The largest absolute Gasteiger partial charge is 0.383 e. The van der Waals surface area contributed by atoms with E-state index in [1.54, 1.807) is 24.3 Å². The van der Waals surface area contributed by atoms with Gasteiger partial charge in [-0.3, -0.25) is 24.2 Å². The summed E-state index contributed by atoms with van der Waals surface area (Å²) in [5.74, 6) is -7.79. The number of pyridine rings is 1. The third kappa shape index (κ3) is 6.94. The summed E-state index contributed by atoms with van der Waals surface area (Å²) >= 11 is 1.94. The molecule has 1 aromatic heterocycles. The zero-order valence-electron chi connectivity index (χ0n) is 23.5. The van der Waals surface area contributed by atoms with Gasteiger partial charge >= 0.3 is 0 Å². The van der Waals surface area contributed by atoms with Gasteiger partial charge < -0.3 is 10.4 Å². The number of benzene rings is 2. The summed E-state index contributed by atoms with van der Waals surface area (Å²) in [7, 11) is 0. The number of aliphatic hydroxyl groups excluding tert-OH is 1. The van der Waals surface area contributed by atoms with Gasteiger partial charge in [0, 0.05) is 41.1 Å². The minimum Gasteiger partial charge on any atom is -0.383 e. The van der Waals surface area contributed by atoms with Gasteiger partial charge in [-0.1, -0.05) is 18.2 Å². The lowest BCUT2D eigenvalue weighted by molar-refractivity contribution is -0.128. The lowest BCUT2D eigenvalue weighted by atomic mass is 9.91. The summed E-state index contributed by atoms with van der Waals surface area (Å²) in [5, 5.41) is 22.7. The monoisotopic (exact) mass is 735 g/mol. The van der Waals surface area contributed by atoms with Crippen LogP contribution in [0.4, 0.5) is 29.1 Å². The molecule has 2 heterocycles. The first-order valence-corrected chi connectivity index (χ1v) is 15.1. The number of nitrogens with zero attached hydrogens (tertiary/aromatic N) is 4. The zero-order chi connectivity index (χ0) is 32.5. The molecule has 1 aliphatic heterocycles. The van der Waals surface area contributed by atoms with Gasteiger partial charge in [-0.15, -0.1) is 0 Å². The van der Waals surface area contributed by atoms with Crippen molar-refractivity contribution < 1.29 is 37.1 Å². The molecule has 3 amide bonds. The Morgan fingerprint density at radius 2 is 1.78 bits per heavy atom. The standard InChI is InChI=1S/C31H26F4IN5O4/c32-18-12-19(33)14-21(13-18)40(29(44)24-15-25(42)30(45)41(24)26-11-17(16-37)7-10-38-26)27(22-3-1-2-4-23(22)36)28(43)39-20-5-8-31(34,35)9-6-20/h1-4,7,10-14,20,24-25,27,42H,5-6,8-9,15H2,(H,39,43)/t24-,25+,27+/m0/s1. The van der Waals surface area contributed by atoms with E-state index < -0.39 is 78.8 Å². The predicted molar refractivity (Wildman–Crippen MR) is 162 cm³/mol. The van der Waals surface area contributed by atoms with Crippen LogP contribution in [0.25, 0.3) is 0 Å². The van der Waals surface area contributed by atoms with E-state index in [0.717, 1.165) is 21.9 Å². The van der Waals surface area contributed by atoms with E-state index in [4.69, 9.17) is 0 Å². The second-order valence-corrected chi connectivity index (χ2v) is 12.1. The normalized spacial score (nSPS) is 20.4. The predicted octanol–water partition coefficient (Wildman–Crippen LogP) is 4.77. The molecule has 2 fully saturated rings. The summed E-state index contributed by atoms with van der Waals surface area (Å²) < 4.78 is 57.6. The molecule has 3 atom stereocenters. The SMILES string of the molecule is N#Cc1ccnc(N2C(=O)[C@H](O)C[C@H]2C(=O)N(c2cc(F)cc(F)c2)[C@@H](C(=O)NC2CCC(F)(F)CC2)c2ccccc2I)c1. The van der Waals surface area contributed by atoms with Crippen LogP contribution in [0.2, 0.25) is 0 Å². The van der Waals surface area contributed by atoms with Crippen LogP contribution < -0.4 is 15.1 Å². The summed E-state index contributed by atoms with van der Waals surface area (Å²) in [5.41, 5.74) is 0.00869. The minimum absolute atomic E-state index is 0.0299. The first kappa shape index (κ1) is 32.3. The molecule has 45 heavy (non-hydrogen) atoms. The number of alkyl halides is 2. The molecule has 1 saturated heterocycles. The van der Waals surface area contributed by atoms with Crippen LogP contribution >= 0.6 is 22.6 Å². The number of halogens is 5. The Hall–Kier alpha value is -4.10. The first-order valence-electron chi connectivity index (χ1n) is 14.0. The Bertz CT molecular complexity index is 1660. The van der Waals surface area contributed by atoms with Gasteiger partial charge in [-0.2, -0.15) is 5.26 Å². The molecule has 0 spiro atoms. The molecule has 14 heteroatoms. The van der Waals surface area contributed by atoms with Crippen LogP contribution in [0.1, 0.15) is 49.3 Å². The lowest BCUT2D eigenvalue weighted by Gasteiger charge is -2.37. The number of carbonyl (C=O) groups excluding carboxylic acids is 3. The number of hydrogen-bond acceptors (Lipinski definition) is 6. The highest BCUT2D eigenvalue weighted by Crippen LogP contribution is 2.37. The maximum atomic E-state index is 14.7. The van der Waals surface area contributed by atoms with Crippen LogP contribution in [-0.4, -0.2) is 51.9 Å². The van der Waals surface area contributed by atoms with E-state index in [1.165, 1.54) is 18.3 Å². The Kier molecular flexibility index (Phi) is 9.40. The van der Waals surface area contributed by atoms with Crippen LogP contribution in [0.3, 0.4) is 0 Å². The molecule has 3 aromatic rings. The second kappa shape index (κ2) is 13.1. The van der Waals surface area contributed by atoms with Gasteiger partial charge in [0.1, 0.15) is 35.6 Å². The first-order chi connectivity index (χ1) is 21.4. The number of aliphatic hydroxyl groups is 1. The van der Waals surface area contributed by atoms with Crippen LogP contribution in [0.15, 0.2) is 60.8 Å². The summed E-state index contributed by atoms with van der Waals surface area (Å²) in [6.45, 7) is 0. The molecule has 234 valence electrons. The van der Waals surface area contributed by atoms with Gasteiger partial charge in [-0.25, -0.2) is 22.5 Å². The Morgan fingerprint density at radius 3 is 2.42 bits per heavy atom. The molecular formula is C31H26F4IN5O4. The molecule has 0 bridgehead atoms. The second-order valence-electron chi connectivity index (χ2n) is 10.9. The number of rotatable bonds is 7. The maximum Gasteiger partial charge on any atom is 0.257 e. The van der Waals surface area contributed by atoms with E-state index in [9.17, 15) is 42.3 Å². The third-order valence-corrected chi connectivity index (χ3v) is 8.80. The molecule has 9 nitrogen and oxygen atoms in total. The number of amides is 3. The van der Waals surface area contributed by atoms with Crippen molar-refractivity contribution >= 4 is 51.8 Å². The van der Waals surface area contributed by atoms with Gasteiger partial charge in [-0.05, 0) is 71.3 Å². The fourth-order valence-electron chi connectivity index (χ4n) is 5.64. The molecule has 0 radical (unpaired) electrons. The minimum atomic E-state index is -2.87. The molecule has 1 saturated carbocycles. The molecule has 2 N–H and O–H groups in total. The third-order valence-electron chi connectivity index (χ3n) is 7.82. The van der Waals surface area contributed by atoms with Gasteiger partial charge in [0.25, 0.3) is 11.8 Å². The van der Waals surface area contributed by atoms with Crippen molar-refractivity contribution in [2.24, 2.45) is 0 Å². The number of carbonyl (C=O) groups is 3. The molecule has 5 rings (SSSR count). The topological polar surface area (TPSA) is 127 Å². The highest BCUT2D eigenvalue weighted by molar-refractivity contribution is 14.1. The summed E-state index contributed by atoms with van der Waals surface area (Å²) in [4.78, 5) is 47.7. The molecule has 1 aliphatic carbocycles. The summed E-state index contributed by atoms with van der Waals surface area (Å²) in [6.07, 6.45) is -1.84. The van der Waals surface area contributed by atoms with Crippen molar-refractivity contribution in [2.75, 3.05) is 9.80 Å². The molecule has 2 aliphatic rings. The van der Waals surface area contributed by atoms with Gasteiger partial charge in [0.15, 0.2) is 0 Å². The van der Waals surface area contributed by atoms with Gasteiger partial charge in [0.05, 0.1) is 17.3 Å². The van der Waals surface area contributed by atoms with Crippen molar-refractivity contribution in [1.82, 2.24) is 10.3 Å². The smallest absolute Gasteiger partial charge is 0.257 e. The highest BCUT2D eigenvalue weighted by atomic mass is 127. The van der Waals surface area contributed by atoms with Crippen molar-refractivity contribution in [3.05, 3.63) is 87.1 Å². The van der Waals surface area contributed by atoms with Gasteiger partial charge in [0.2, 0.25) is 11.8 Å². The fourth-order valence-corrected chi connectivity index (χ4v) is 6.32. The van der Waals surface area contributed by atoms with E-state index in [0.29, 0.717) is 9.64 Å². The number of aromatic nitrogens is 1. The number of hydrogen-bond donors (Lipinski definition) is 2. The highest BCUT2D eigenvalue weighted by Gasteiger charge is 2.48. The van der Waals surface area contributed by atoms with E-state index in [1.807, 2.05) is 28.7 Å². The molecule has 2 aromatic carbocycles. The number of nitrogens with one attached hydrogen (secondary N) is 1. The zero-order valence-corrected chi connectivity index (χ0v) is 25.6. The van der Waals surface area contributed by atoms with Crippen molar-refractivity contribution in [2.45, 2.75) is 62.3 Å². The Labute approximate surface area is 269 Å². The quantitative estimate of drug-likeness (QED) is 0.266. The molecular weight excluding hydrogens is 709 g/mol. The van der Waals surface area contributed by atoms with Crippen LogP contribution in [-0.2, 0) is 14.4 Å². The number of nitriles is 1. The summed E-state index contributed by atoms with van der Waals surface area (Å²) in [6, 6.07) is 9.53. The average Bonchev–Trinajstić information content (AvgIpc) is 3.30. The molecule has 0 unspecified atom stereocenters. The maximum absolute atomic E-state index is 14.7. The average molecular weight is 735 g/mol. The van der Waals surface area contributed by atoms with Crippen LogP contribution in [0, 0.1) is 26.5 Å². The fraction of sp³-hybridized carbons (Fsp3) is 0.323. The Balaban J connectivity index is 1.63. The van der Waals surface area contributed by atoms with Crippen molar-refractivity contribution in [3.63, 3.8) is 0 Å². The van der Waals surface area contributed by atoms with Crippen molar-refractivity contribution in [3.8, 4) is 6.07 Å². The number of anilines is 2. The van der Waals surface area contributed by atoms with E-state index in [2.05, 4.69) is 10.3 Å². The van der Waals surface area contributed by atoms with E-state index >= 15 is 0 Å².